The number of nitrogens with one attached hydrogen (secondary N) is 1. The first kappa shape index (κ1) is 10.7. The molecular formula is C13H15N3. The maximum absolute atomic E-state index is 8.53. The summed E-state index contributed by atoms with van der Waals surface area (Å²) < 4.78 is 0. The third-order valence-corrected chi connectivity index (χ3v) is 2.72. The predicted molar refractivity (Wildman–Crippen MR) is 64.9 cm³/mol. The van der Waals surface area contributed by atoms with Crippen LogP contribution in [0.1, 0.15) is 12.0 Å². The van der Waals surface area contributed by atoms with Crippen molar-refractivity contribution in [2.24, 2.45) is 0 Å². The van der Waals surface area contributed by atoms with Gasteiger partial charge in [-0.1, -0.05) is 18.2 Å². The fourth-order valence-electron chi connectivity index (χ4n) is 1.87. The van der Waals surface area contributed by atoms with Crippen LogP contribution >= 0.6 is 0 Å². The molecule has 0 fully saturated rings. The highest BCUT2D eigenvalue weighted by Crippen LogP contribution is 2.18. The van der Waals surface area contributed by atoms with Gasteiger partial charge in [-0.15, -0.1) is 0 Å². The standard InChI is InChI=1S/C13H15N3/c1-16(8-4-7-14)10-11-9-15-13-6-3-2-5-12(11)13/h2-3,5-6,9,15H,4,8,10H2,1H3. The number of hydrogen-bond donors (Lipinski definition) is 1. The van der Waals surface area contributed by atoms with E-state index in [0.29, 0.717) is 6.42 Å². The number of aromatic amines is 1. The van der Waals surface area contributed by atoms with Crippen molar-refractivity contribution in [2.75, 3.05) is 13.6 Å². The Balaban J connectivity index is 2.12. The highest BCUT2D eigenvalue weighted by molar-refractivity contribution is 5.82. The van der Waals surface area contributed by atoms with E-state index in [-0.39, 0.29) is 0 Å². The van der Waals surface area contributed by atoms with Gasteiger partial charge in [0.05, 0.1) is 6.07 Å². The van der Waals surface area contributed by atoms with E-state index in [4.69, 9.17) is 5.26 Å². The number of nitrogens with zero attached hydrogens (tertiary/aromatic N) is 2. The van der Waals surface area contributed by atoms with Crippen LogP contribution in [0.15, 0.2) is 30.5 Å². The number of benzene rings is 1. The van der Waals surface area contributed by atoms with Gasteiger partial charge in [0.15, 0.2) is 0 Å². The number of rotatable bonds is 4. The molecule has 16 heavy (non-hydrogen) atoms. The normalized spacial score (nSPS) is 10.8. The van der Waals surface area contributed by atoms with Crippen LogP contribution < -0.4 is 0 Å². The van der Waals surface area contributed by atoms with E-state index in [9.17, 15) is 0 Å². The summed E-state index contributed by atoms with van der Waals surface area (Å²) in [5.41, 5.74) is 2.46. The lowest BCUT2D eigenvalue weighted by atomic mass is 10.1. The van der Waals surface area contributed by atoms with Crippen molar-refractivity contribution in [2.45, 2.75) is 13.0 Å². The van der Waals surface area contributed by atoms with Crippen molar-refractivity contribution in [3.05, 3.63) is 36.0 Å². The number of hydrogen-bond acceptors (Lipinski definition) is 2. The molecule has 0 aliphatic carbocycles. The summed E-state index contributed by atoms with van der Waals surface area (Å²) in [5, 5.41) is 9.80. The molecule has 0 amide bonds. The van der Waals surface area contributed by atoms with Gasteiger partial charge in [0.1, 0.15) is 0 Å². The fraction of sp³-hybridized carbons (Fsp3) is 0.308. The number of fused-ring (bicyclic) bond motifs is 1. The lowest BCUT2D eigenvalue weighted by molar-refractivity contribution is 0.336. The van der Waals surface area contributed by atoms with E-state index in [2.05, 4.69) is 34.2 Å². The van der Waals surface area contributed by atoms with Crippen LogP contribution in [0.5, 0.6) is 0 Å². The molecular weight excluding hydrogens is 198 g/mol. The average Bonchev–Trinajstić information content (AvgIpc) is 2.70. The third kappa shape index (κ3) is 2.23. The largest absolute Gasteiger partial charge is 0.361 e. The van der Waals surface area contributed by atoms with Gasteiger partial charge >= 0.3 is 0 Å². The first-order valence-electron chi connectivity index (χ1n) is 5.42. The second-order valence-electron chi connectivity index (χ2n) is 4.01. The molecule has 0 radical (unpaired) electrons. The summed E-state index contributed by atoms with van der Waals surface area (Å²) in [7, 11) is 2.04. The summed E-state index contributed by atoms with van der Waals surface area (Å²) in [6.07, 6.45) is 2.63. The second-order valence-corrected chi connectivity index (χ2v) is 4.01. The van der Waals surface area contributed by atoms with Gasteiger partial charge in [0, 0.05) is 36.6 Å². The predicted octanol–water partition coefficient (Wildman–Crippen LogP) is 2.51. The maximum atomic E-state index is 8.53. The SMILES string of the molecule is CN(CCC#N)Cc1c[nH]c2ccccc12. The lowest BCUT2D eigenvalue weighted by Crippen LogP contribution is -2.18. The molecule has 0 aliphatic heterocycles. The highest BCUT2D eigenvalue weighted by atomic mass is 15.1. The third-order valence-electron chi connectivity index (χ3n) is 2.72. The van der Waals surface area contributed by atoms with Crippen LogP contribution in [0, 0.1) is 11.3 Å². The molecule has 0 aliphatic rings. The van der Waals surface area contributed by atoms with E-state index in [0.717, 1.165) is 13.1 Å². The molecule has 0 saturated carbocycles. The number of para-hydroxylation sites is 1. The van der Waals surface area contributed by atoms with Crippen molar-refractivity contribution in [3.63, 3.8) is 0 Å². The van der Waals surface area contributed by atoms with E-state index in [1.54, 1.807) is 0 Å². The van der Waals surface area contributed by atoms with Crippen molar-refractivity contribution in [1.29, 1.82) is 5.26 Å². The summed E-state index contributed by atoms with van der Waals surface area (Å²) in [6.45, 7) is 1.70. The Morgan fingerprint density at radius 3 is 3.00 bits per heavy atom. The zero-order valence-corrected chi connectivity index (χ0v) is 9.40. The number of aromatic nitrogens is 1. The van der Waals surface area contributed by atoms with E-state index in [1.807, 2.05) is 19.3 Å². The molecule has 0 saturated heterocycles. The van der Waals surface area contributed by atoms with Crippen molar-refractivity contribution in [1.82, 2.24) is 9.88 Å². The zero-order chi connectivity index (χ0) is 11.4. The summed E-state index contributed by atoms with van der Waals surface area (Å²) in [5.74, 6) is 0. The monoisotopic (exact) mass is 213 g/mol. The molecule has 1 aromatic carbocycles. The first-order chi connectivity index (χ1) is 7.81. The van der Waals surface area contributed by atoms with Crippen molar-refractivity contribution >= 4 is 10.9 Å². The molecule has 0 bridgehead atoms. The van der Waals surface area contributed by atoms with Crippen LogP contribution in [-0.4, -0.2) is 23.5 Å². The molecule has 2 rings (SSSR count). The molecule has 1 heterocycles. The minimum absolute atomic E-state index is 0.582. The minimum atomic E-state index is 0.582. The maximum Gasteiger partial charge on any atom is 0.0635 e. The van der Waals surface area contributed by atoms with E-state index < -0.39 is 0 Å². The quantitative estimate of drug-likeness (QED) is 0.848. The van der Waals surface area contributed by atoms with Gasteiger partial charge < -0.3 is 9.88 Å². The van der Waals surface area contributed by atoms with Crippen molar-refractivity contribution < 1.29 is 0 Å². The summed E-state index contributed by atoms with van der Waals surface area (Å²) in [6, 6.07) is 10.4. The van der Waals surface area contributed by atoms with Crippen molar-refractivity contribution in [3.8, 4) is 6.07 Å². The average molecular weight is 213 g/mol. The Labute approximate surface area is 95.3 Å². The van der Waals surface area contributed by atoms with E-state index in [1.165, 1.54) is 16.5 Å². The lowest BCUT2D eigenvalue weighted by Gasteiger charge is -2.13. The smallest absolute Gasteiger partial charge is 0.0635 e. The molecule has 0 atom stereocenters. The Bertz CT molecular complexity index is 507. The van der Waals surface area contributed by atoms with Crippen LogP contribution in [0.2, 0.25) is 0 Å². The molecule has 3 heteroatoms. The second kappa shape index (κ2) is 4.82. The molecule has 0 spiro atoms. The highest BCUT2D eigenvalue weighted by Gasteiger charge is 2.05. The summed E-state index contributed by atoms with van der Waals surface area (Å²) in [4.78, 5) is 5.42. The molecule has 0 unspecified atom stereocenters. The fourth-order valence-corrected chi connectivity index (χ4v) is 1.87. The first-order valence-corrected chi connectivity index (χ1v) is 5.42. The van der Waals surface area contributed by atoms with Crippen LogP contribution in [0.3, 0.4) is 0 Å². The van der Waals surface area contributed by atoms with Crippen LogP contribution in [0.4, 0.5) is 0 Å². The van der Waals surface area contributed by atoms with Crippen LogP contribution in [-0.2, 0) is 6.54 Å². The zero-order valence-electron chi connectivity index (χ0n) is 9.40. The molecule has 1 aromatic heterocycles. The Hall–Kier alpha value is -1.79. The number of H-pyrrole nitrogens is 1. The van der Waals surface area contributed by atoms with Gasteiger partial charge in [-0.3, -0.25) is 0 Å². The molecule has 82 valence electrons. The molecule has 1 N–H and O–H groups in total. The van der Waals surface area contributed by atoms with Gasteiger partial charge in [0.2, 0.25) is 0 Å². The minimum Gasteiger partial charge on any atom is -0.361 e. The number of nitriles is 1. The topological polar surface area (TPSA) is 42.8 Å². The van der Waals surface area contributed by atoms with E-state index >= 15 is 0 Å². The Morgan fingerprint density at radius 2 is 2.19 bits per heavy atom. The van der Waals surface area contributed by atoms with Gasteiger partial charge in [-0.25, -0.2) is 0 Å². The van der Waals surface area contributed by atoms with Gasteiger partial charge in [0.25, 0.3) is 0 Å². The van der Waals surface area contributed by atoms with Crippen LogP contribution in [0.25, 0.3) is 10.9 Å². The van der Waals surface area contributed by atoms with Gasteiger partial charge in [-0.05, 0) is 18.7 Å². The van der Waals surface area contributed by atoms with Gasteiger partial charge in [-0.2, -0.15) is 5.26 Å². The molecule has 2 aromatic rings. The Kier molecular flexibility index (Phi) is 3.23. The summed E-state index contributed by atoms with van der Waals surface area (Å²) >= 11 is 0. The Morgan fingerprint density at radius 1 is 1.38 bits per heavy atom. The molecule has 3 nitrogen and oxygen atoms in total.